The van der Waals surface area contributed by atoms with Crippen LogP contribution < -0.4 is 11.5 Å². The van der Waals surface area contributed by atoms with Gasteiger partial charge in [0.2, 0.25) is 0 Å². The Balaban J connectivity index is 1.96. The number of pyridine rings is 1. The first-order valence-electron chi connectivity index (χ1n) is 10.0. The number of hydrogen-bond acceptors (Lipinski definition) is 5. The molecule has 1 amide bonds. The number of primary amides is 1. The Labute approximate surface area is 188 Å². The summed E-state index contributed by atoms with van der Waals surface area (Å²) in [5, 5.41) is 5.23. The van der Waals surface area contributed by atoms with E-state index in [1.807, 2.05) is 18.2 Å². The lowest BCUT2D eigenvalue weighted by atomic mass is 9.89. The van der Waals surface area contributed by atoms with Gasteiger partial charge < -0.3 is 11.5 Å². The lowest BCUT2D eigenvalue weighted by Crippen LogP contribution is -2.10. The Bertz CT molecular complexity index is 1450. The smallest absolute Gasteiger partial charge is 0.260 e. The molecule has 2 aromatic carbocycles. The molecule has 0 radical (unpaired) electrons. The van der Waals surface area contributed by atoms with Crippen LogP contribution in [-0.4, -0.2) is 10.9 Å². The Morgan fingerprint density at radius 1 is 1.00 bits per heavy atom. The Morgan fingerprint density at radius 3 is 2.45 bits per heavy atom. The van der Waals surface area contributed by atoms with E-state index in [-0.39, 0.29) is 5.92 Å². The zero-order valence-corrected chi connectivity index (χ0v) is 18.8. The Hall–Kier alpha value is -3.22. The predicted octanol–water partition coefficient (Wildman–Crippen LogP) is 6.65. The molecule has 0 aliphatic carbocycles. The van der Waals surface area contributed by atoms with Crippen LogP contribution in [0, 0.1) is 0 Å². The number of carbonyl (C=O) groups is 1. The first kappa shape index (κ1) is 19.7. The van der Waals surface area contributed by atoms with Crippen LogP contribution in [0.15, 0.2) is 60.0 Å². The molecule has 0 fully saturated rings. The number of thiophene rings is 2. The summed E-state index contributed by atoms with van der Waals surface area (Å²) < 4.78 is 0. The Kier molecular flexibility index (Phi) is 4.76. The van der Waals surface area contributed by atoms with Gasteiger partial charge in [0.15, 0.2) is 0 Å². The summed E-state index contributed by atoms with van der Waals surface area (Å²) >= 11 is 2.93. The number of nitrogens with zero attached hydrogens (tertiary/aromatic N) is 1. The van der Waals surface area contributed by atoms with Crippen molar-refractivity contribution in [3.63, 3.8) is 0 Å². The molecule has 0 saturated heterocycles. The predicted molar refractivity (Wildman–Crippen MR) is 133 cm³/mol. The minimum absolute atomic E-state index is 0.185. The van der Waals surface area contributed by atoms with Crippen LogP contribution >= 0.6 is 22.7 Å². The molecule has 5 rings (SSSR count). The summed E-state index contributed by atoms with van der Waals surface area (Å²) in [4.78, 5) is 19.3. The third-order valence-electron chi connectivity index (χ3n) is 5.48. The van der Waals surface area contributed by atoms with Crippen molar-refractivity contribution in [3.8, 4) is 21.6 Å². The zero-order valence-electron chi connectivity index (χ0n) is 17.2. The van der Waals surface area contributed by atoms with Gasteiger partial charge in [-0.15, -0.1) is 22.7 Å². The first-order valence-corrected chi connectivity index (χ1v) is 11.7. The second kappa shape index (κ2) is 7.48. The number of amides is 1. The van der Waals surface area contributed by atoms with E-state index in [4.69, 9.17) is 16.5 Å². The molecule has 0 atom stereocenters. The molecule has 0 bridgehead atoms. The minimum atomic E-state index is -0.518. The van der Waals surface area contributed by atoms with Crippen LogP contribution in [0.1, 0.15) is 35.1 Å². The van der Waals surface area contributed by atoms with Gasteiger partial charge in [-0.25, -0.2) is 4.98 Å². The van der Waals surface area contributed by atoms with E-state index in [2.05, 4.69) is 55.6 Å². The average Bonchev–Trinajstić information content (AvgIpc) is 3.40. The fraction of sp³-hybridized carbons (Fsp3) is 0.120. The molecular formula is C25H21N3OS2. The highest BCUT2D eigenvalue weighted by Gasteiger charge is 2.26. The summed E-state index contributed by atoms with van der Waals surface area (Å²) in [6, 6.07) is 18.9. The molecular weight excluding hydrogens is 422 g/mol. The maximum atomic E-state index is 12.0. The maximum Gasteiger partial charge on any atom is 0.260 e. The minimum Gasteiger partial charge on any atom is -0.397 e. The van der Waals surface area contributed by atoms with Crippen LogP contribution in [0.4, 0.5) is 5.69 Å². The summed E-state index contributed by atoms with van der Waals surface area (Å²) in [5.74, 6) is -0.332. The summed E-state index contributed by atoms with van der Waals surface area (Å²) in [5.41, 5.74) is 16.7. The highest BCUT2D eigenvalue weighted by Crippen LogP contribution is 2.48. The number of nitrogen functional groups attached to an aromatic ring is 1. The number of rotatable bonds is 4. The molecule has 3 aromatic heterocycles. The SMILES string of the molecule is CC(C)c1nc2sc(C(N)=O)c(N)c2c(-c2cccs2)c1-c1ccc2ccccc2c1. The highest BCUT2D eigenvalue weighted by molar-refractivity contribution is 7.21. The standard InChI is InChI=1S/C25H21N3OS2/c1-13(2)22-18(16-10-9-14-6-3-4-7-15(14)12-16)19(17-8-5-11-30-17)20-21(26)23(24(27)29)31-25(20)28-22/h3-13H,26H2,1-2H3,(H2,27,29). The van der Waals surface area contributed by atoms with Crippen molar-refractivity contribution >= 4 is 55.3 Å². The zero-order chi connectivity index (χ0) is 21.7. The van der Waals surface area contributed by atoms with E-state index >= 15 is 0 Å². The maximum absolute atomic E-state index is 12.0. The van der Waals surface area contributed by atoms with Crippen LogP contribution in [0.25, 0.3) is 42.6 Å². The molecule has 0 saturated carbocycles. The van der Waals surface area contributed by atoms with Crippen molar-refractivity contribution in [3.05, 3.63) is 70.5 Å². The fourth-order valence-corrected chi connectivity index (χ4v) is 5.82. The quantitative estimate of drug-likeness (QED) is 0.326. The van der Waals surface area contributed by atoms with Crippen LogP contribution in [0.2, 0.25) is 0 Å². The van der Waals surface area contributed by atoms with E-state index in [9.17, 15) is 4.79 Å². The van der Waals surface area contributed by atoms with Gasteiger partial charge in [0.25, 0.3) is 5.91 Å². The number of nitrogens with two attached hydrogens (primary N) is 2. The molecule has 0 aliphatic heterocycles. The van der Waals surface area contributed by atoms with Gasteiger partial charge >= 0.3 is 0 Å². The van der Waals surface area contributed by atoms with Crippen molar-refractivity contribution < 1.29 is 4.79 Å². The number of hydrogen-bond donors (Lipinski definition) is 2. The van der Waals surface area contributed by atoms with Crippen LogP contribution in [-0.2, 0) is 0 Å². The van der Waals surface area contributed by atoms with Crippen LogP contribution in [0.3, 0.4) is 0 Å². The van der Waals surface area contributed by atoms with E-state index in [1.165, 1.54) is 22.1 Å². The molecule has 6 heteroatoms. The highest BCUT2D eigenvalue weighted by atomic mass is 32.1. The molecule has 0 spiro atoms. The molecule has 0 unspecified atom stereocenters. The van der Waals surface area contributed by atoms with Crippen molar-refractivity contribution in [2.75, 3.05) is 5.73 Å². The van der Waals surface area contributed by atoms with Crippen molar-refractivity contribution in [2.45, 2.75) is 19.8 Å². The van der Waals surface area contributed by atoms with E-state index in [0.717, 1.165) is 37.5 Å². The number of aromatic nitrogens is 1. The van der Waals surface area contributed by atoms with Gasteiger partial charge in [-0.1, -0.05) is 56.3 Å². The second-order valence-electron chi connectivity index (χ2n) is 7.83. The third-order valence-corrected chi connectivity index (χ3v) is 7.48. The Morgan fingerprint density at radius 2 is 1.77 bits per heavy atom. The number of carbonyl (C=O) groups excluding carboxylic acids is 1. The van der Waals surface area contributed by atoms with E-state index < -0.39 is 5.91 Å². The third kappa shape index (κ3) is 3.19. The van der Waals surface area contributed by atoms with Crippen molar-refractivity contribution in [1.29, 1.82) is 0 Å². The molecule has 3 heterocycles. The van der Waals surface area contributed by atoms with Crippen LogP contribution in [0.5, 0.6) is 0 Å². The summed E-state index contributed by atoms with van der Waals surface area (Å²) in [7, 11) is 0. The van der Waals surface area contributed by atoms with Gasteiger partial charge in [-0.2, -0.15) is 0 Å². The topological polar surface area (TPSA) is 82.0 Å². The molecule has 5 aromatic rings. The molecule has 4 nitrogen and oxygen atoms in total. The lowest BCUT2D eigenvalue weighted by molar-refractivity contribution is 0.100. The van der Waals surface area contributed by atoms with Crippen molar-refractivity contribution in [1.82, 2.24) is 4.98 Å². The second-order valence-corrected chi connectivity index (χ2v) is 9.78. The van der Waals surface area contributed by atoms with Gasteiger partial charge in [-0.05, 0) is 39.8 Å². The van der Waals surface area contributed by atoms with E-state index in [0.29, 0.717) is 10.6 Å². The normalized spacial score (nSPS) is 11.6. The molecule has 0 aliphatic rings. The van der Waals surface area contributed by atoms with E-state index in [1.54, 1.807) is 11.3 Å². The average molecular weight is 444 g/mol. The molecule has 31 heavy (non-hydrogen) atoms. The molecule has 4 N–H and O–H groups in total. The lowest BCUT2D eigenvalue weighted by Gasteiger charge is -2.18. The van der Waals surface area contributed by atoms with Gasteiger partial charge in [-0.3, -0.25) is 4.79 Å². The molecule has 154 valence electrons. The van der Waals surface area contributed by atoms with Crippen molar-refractivity contribution in [2.24, 2.45) is 5.73 Å². The van der Waals surface area contributed by atoms with Gasteiger partial charge in [0.1, 0.15) is 9.71 Å². The summed E-state index contributed by atoms with van der Waals surface area (Å²) in [6.07, 6.45) is 0. The summed E-state index contributed by atoms with van der Waals surface area (Å²) in [6.45, 7) is 4.28. The number of anilines is 1. The first-order chi connectivity index (χ1) is 15.0. The number of fused-ring (bicyclic) bond motifs is 2. The number of benzene rings is 2. The largest absolute Gasteiger partial charge is 0.397 e. The van der Waals surface area contributed by atoms with Gasteiger partial charge in [0.05, 0.1) is 11.4 Å². The monoisotopic (exact) mass is 443 g/mol. The van der Waals surface area contributed by atoms with Gasteiger partial charge in [0, 0.05) is 21.4 Å². The fourth-order valence-electron chi connectivity index (χ4n) is 4.08.